The van der Waals surface area contributed by atoms with E-state index < -0.39 is 11.6 Å². The summed E-state index contributed by atoms with van der Waals surface area (Å²) in [6.07, 6.45) is 1.19. The third-order valence-electron chi connectivity index (χ3n) is 3.69. The number of aromatic amines is 1. The highest BCUT2D eigenvalue weighted by molar-refractivity contribution is 5.97. The lowest BCUT2D eigenvalue weighted by atomic mass is 10.1. The number of nitrogens with one attached hydrogen (secondary N) is 2. The molecular formula is C18H17N3O4. The molecule has 25 heavy (non-hydrogen) atoms. The fourth-order valence-corrected chi connectivity index (χ4v) is 2.48. The first kappa shape index (κ1) is 16.5. The summed E-state index contributed by atoms with van der Waals surface area (Å²) in [6.45, 7) is 0.801. The molecule has 1 heterocycles. The second kappa shape index (κ2) is 7.48. The van der Waals surface area contributed by atoms with Gasteiger partial charge in [0.2, 0.25) is 0 Å². The first-order chi connectivity index (χ1) is 12.2. The Morgan fingerprint density at radius 3 is 2.72 bits per heavy atom. The van der Waals surface area contributed by atoms with Crippen LogP contribution in [0.5, 0.6) is 5.75 Å². The minimum absolute atomic E-state index is 0.208. The molecule has 0 aliphatic carbocycles. The van der Waals surface area contributed by atoms with E-state index in [-0.39, 0.29) is 10.9 Å². The van der Waals surface area contributed by atoms with Crippen LogP contribution in [0, 0.1) is 0 Å². The van der Waals surface area contributed by atoms with Crippen LogP contribution >= 0.6 is 0 Å². The Morgan fingerprint density at radius 1 is 1.16 bits per heavy atom. The average Bonchev–Trinajstić information content (AvgIpc) is 2.99. The standard InChI is InChI=1S/C18H17N3O4/c22-12-13-6-4-9-15-16(13)17(23)21(20-15)18(24)19-10-5-11-25-14-7-2-1-3-8-14/h1-4,6-9,12,20H,5,10-11H2,(H,19,24). The Morgan fingerprint density at radius 2 is 1.96 bits per heavy atom. The van der Waals surface area contributed by atoms with Gasteiger partial charge in [-0.2, -0.15) is 4.68 Å². The average molecular weight is 339 g/mol. The molecule has 7 nitrogen and oxygen atoms in total. The van der Waals surface area contributed by atoms with E-state index in [0.29, 0.717) is 31.4 Å². The van der Waals surface area contributed by atoms with Crippen molar-refractivity contribution in [1.82, 2.24) is 15.1 Å². The molecule has 0 aliphatic rings. The lowest BCUT2D eigenvalue weighted by Gasteiger charge is -2.07. The number of rotatable bonds is 6. The number of carbonyl (C=O) groups excluding carboxylic acids is 2. The molecule has 0 fully saturated rings. The van der Waals surface area contributed by atoms with Gasteiger partial charge in [-0.3, -0.25) is 14.7 Å². The van der Waals surface area contributed by atoms with E-state index in [1.54, 1.807) is 12.1 Å². The van der Waals surface area contributed by atoms with Crippen molar-refractivity contribution in [2.24, 2.45) is 0 Å². The maximum atomic E-state index is 12.3. The summed E-state index contributed by atoms with van der Waals surface area (Å²) < 4.78 is 6.40. The first-order valence-corrected chi connectivity index (χ1v) is 7.85. The van der Waals surface area contributed by atoms with Crippen LogP contribution in [0.1, 0.15) is 16.8 Å². The fourth-order valence-electron chi connectivity index (χ4n) is 2.48. The van der Waals surface area contributed by atoms with Gasteiger partial charge in [0.1, 0.15) is 5.75 Å². The Kier molecular flexibility index (Phi) is 4.94. The van der Waals surface area contributed by atoms with Gasteiger partial charge >= 0.3 is 6.03 Å². The van der Waals surface area contributed by atoms with Crippen molar-refractivity contribution < 1.29 is 14.3 Å². The zero-order chi connectivity index (χ0) is 17.6. The number of nitrogens with zero attached hydrogens (tertiary/aromatic N) is 1. The van der Waals surface area contributed by atoms with E-state index in [2.05, 4.69) is 10.4 Å². The summed E-state index contributed by atoms with van der Waals surface area (Å²) in [5.41, 5.74) is 0.148. The molecule has 3 aromatic rings. The zero-order valence-electron chi connectivity index (χ0n) is 13.4. The maximum Gasteiger partial charge on any atom is 0.343 e. The number of aldehydes is 1. The normalized spacial score (nSPS) is 10.6. The predicted molar refractivity (Wildman–Crippen MR) is 93.3 cm³/mol. The smallest absolute Gasteiger partial charge is 0.343 e. The minimum atomic E-state index is -0.572. The quantitative estimate of drug-likeness (QED) is 0.532. The second-order valence-electron chi connectivity index (χ2n) is 5.39. The highest BCUT2D eigenvalue weighted by Crippen LogP contribution is 2.11. The van der Waals surface area contributed by atoms with Crippen molar-refractivity contribution >= 4 is 23.2 Å². The van der Waals surface area contributed by atoms with Crippen LogP contribution in [0.3, 0.4) is 0 Å². The van der Waals surface area contributed by atoms with Crippen LogP contribution in [0.25, 0.3) is 10.9 Å². The summed E-state index contributed by atoms with van der Waals surface area (Å²) >= 11 is 0. The van der Waals surface area contributed by atoms with Gasteiger partial charge in [0.15, 0.2) is 6.29 Å². The molecule has 0 spiro atoms. The SMILES string of the molecule is O=Cc1cccc2[nH]n(C(=O)NCCCOc3ccccc3)c(=O)c12. The summed E-state index contributed by atoms with van der Waals surface area (Å²) in [4.78, 5) is 35.5. The van der Waals surface area contributed by atoms with E-state index in [1.807, 2.05) is 30.3 Å². The number of benzene rings is 2. The molecular weight excluding hydrogens is 322 g/mol. The van der Waals surface area contributed by atoms with E-state index in [1.165, 1.54) is 6.07 Å². The molecule has 0 radical (unpaired) electrons. The van der Waals surface area contributed by atoms with E-state index in [4.69, 9.17) is 4.74 Å². The van der Waals surface area contributed by atoms with Gasteiger partial charge in [-0.05, 0) is 24.6 Å². The third-order valence-corrected chi connectivity index (χ3v) is 3.69. The highest BCUT2D eigenvalue weighted by Gasteiger charge is 2.14. The molecule has 0 bridgehead atoms. The molecule has 2 aromatic carbocycles. The van der Waals surface area contributed by atoms with Crippen molar-refractivity contribution in [1.29, 1.82) is 0 Å². The number of carbonyl (C=O) groups is 2. The Bertz CT molecular complexity index is 944. The first-order valence-electron chi connectivity index (χ1n) is 7.85. The van der Waals surface area contributed by atoms with Crippen molar-refractivity contribution in [3.8, 4) is 5.75 Å². The van der Waals surface area contributed by atoms with Gasteiger partial charge < -0.3 is 10.1 Å². The summed E-state index contributed by atoms with van der Waals surface area (Å²) in [7, 11) is 0. The summed E-state index contributed by atoms with van der Waals surface area (Å²) in [5.74, 6) is 0.766. The number of aromatic nitrogens is 2. The van der Waals surface area contributed by atoms with Crippen molar-refractivity contribution in [2.45, 2.75) is 6.42 Å². The van der Waals surface area contributed by atoms with Crippen LogP contribution in [-0.2, 0) is 0 Å². The Hall–Kier alpha value is -3.35. The Balaban J connectivity index is 1.58. The van der Waals surface area contributed by atoms with Crippen molar-refractivity contribution in [2.75, 3.05) is 13.2 Å². The van der Waals surface area contributed by atoms with E-state index in [9.17, 15) is 14.4 Å². The monoisotopic (exact) mass is 339 g/mol. The topological polar surface area (TPSA) is 93.2 Å². The number of fused-ring (bicyclic) bond motifs is 1. The van der Waals surface area contributed by atoms with Crippen molar-refractivity contribution in [3.05, 3.63) is 64.4 Å². The summed E-state index contributed by atoms with van der Waals surface area (Å²) in [5, 5.41) is 5.56. The molecule has 3 rings (SSSR count). The third kappa shape index (κ3) is 3.60. The van der Waals surface area contributed by atoms with E-state index in [0.717, 1.165) is 10.4 Å². The molecule has 1 aromatic heterocycles. The van der Waals surface area contributed by atoms with Crippen LogP contribution in [0.4, 0.5) is 4.79 Å². The van der Waals surface area contributed by atoms with Crippen LogP contribution in [0.15, 0.2) is 53.3 Å². The predicted octanol–water partition coefficient (Wildman–Crippen LogP) is 2.17. The van der Waals surface area contributed by atoms with Gasteiger partial charge in [0.25, 0.3) is 5.56 Å². The number of amides is 1. The number of para-hydroxylation sites is 1. The number of hydrogen-bond donors (Lipinski definition) is 2. The lowest BCUT2D eigenvalue weighted by Crippen LogP contribution is -2.36. The summed E-state index contributed by atoms with van der Waals surface area (Å²) in [6, 6.07) is 13.6. The minimum Gasteiger partial charge on any atom is -0.494 e. The Labute approximate surface area is 143 Å². The zero-order valence-corrected chi connectivity index (χ0v) is 13.4. The maximum absolute atomic E-state index is 12.3. The van der Waals surface area contributed by atoms with Gasteiger partial charge in [-0.15, -0.1) is 0 Å². The molecule has 0 unspecified atom stereocenters. The van der Waals surface area contributed by atoms with Gasteiger partial charge in [-0.25, -0.2) is 4.79 Å². The lowest BCUT2D eigenvalue weighted by molar-refractivity contribution is 0.112. The molecule has 0 aliphatic heterocycles. The van der Waals surface area contributed by atoms with Gasteiger partial charge in [-0.1, -0.05) is 30.3 Å². The molecule has 2 N–H and O–H groups in total. The number of H-pyrrole nitrogens is 1. The fraction of sp³-hybridized carbons (Fsp3) is 0.167. The second-order valence-corrected chi connectivity index (χ2v) is 5.39. The van der Waals surface area contributed by atoms with Crippen molar-refractivity contribution in [3.63, 3.8) is 0 Å². The highest BCUT2D eigenvalue weighted by atomic mass is 16.5. The molecule has 0 saturated heterocycles. The van der Waals surface area contributed by atoms with Crippen LogP contribution in [0.2, 0.25) is 0 Å². The number of ether oxygens (including phenoxy) is 1. The number of hydrogen-bond acceptors (Lipinski definition) is 4. The van der Waals surface area contributed by atoms with Crippen LogP contribution < -0.4 is 15.6 Å². The van der Waals surface area contributed by atoms with Crippen LogP contribution in [-0.4, -0.2) is 35.2 Å². The van der Waals surface area contributed by atoms with E-state index >= 15 is 0 Å². The molecule has 1 amide bonds. The largest absolute Gasteiger partial charge is 0.494 e. The molecule has 7 heteroatoms. The molecule has 0 atom stereocenters. The van der Waals surface area contributed by atoms with Gasteiger partial charge in [0.05, 0.1) is 17.5 Å². The van der Waals surface area contributed by atoms with Gasteiger partial charge in [0, 0.05) is 12.1 Å². The molecule has 128 valence electrons. The molecule has 0 saturated carbocycles.